The summed E-state index contributed by atoms with van der Waals surface area (Å²) in [6, 6.07) is 21.7. The molecule has 0 saturated carbocycles. The summed E-state index contributed by atoms with van der Waals surface area (Å²) in [5.74, 6) is -0.0701. The van der Waals surface area contributed by atoms with E-state index in [0.29, 0.717) is 23.8 Å². The average Bonchev–Trinajstić information content (AvgIpc) is 3.25. The van der Waals surface area contributed by atoms with Gasteiger partial charge in [0.1, 0.15) is 5.69 Å². The van der Waals surface area contributed by atoms with Crippen LogP contribution in [0, 0.1) is 0 Å². The molecule has 26 heavy (non-hydrogen) atoms. The van der Waals surface area contributed by atoms with Crippen LogP contribution in [0.3, 0.4) is 0 Å². The lowest BCUT2D eigenvalue weighted by molar-refractivity contribution is 0.0942. The number of carbonyl (C=O) groups is 1. The second-order valence-corrected chi connectivity index (χ2v) is 7.46. The SMILES string of the molecule is O=C(NCc1ccc(Cl)cc1)c1cc2sccc2n1Cc1ccccc1. The Kier molecular flexibility index (Phi) is 4.78. The van der Waals surface area contributed by atoms with E-state index >= 15 is 0 Å². The largest absolute Gasteiger partial charge is 0.347 e. The van der Waals surface area contributed by atoms with E-state index in [-0.39, 0.29) is 5.91 Å². The molecule has 4 aromatic rings. The highest BCUT2D eigenvalue weighted by Gasteiger charge is 2.16. The number of hydrogen-bond donors (Lipinski definition) is 1. The molecule has 5 heteroatoms. The van der Waals surface area contributed by atoms with Gasteiger partial charge in [-0.25, -0.2) is 0 Å². The smallest absolute Gasteiger partial charge is 0.268 e. The van der Waals surface area contributed by atoms with Crippen molar-refractivity contribution in [1.82, 2.24) is 9.88 Å². The maximum absolute atomic E-state index is 12.8. The number of halogens is 1. The third-order valence-electron chi connectivity index (χ3n) is 4.31. The number of fused-ring (bicyclic) bond motifs is 1. The van der Waals surface area contributed by atoms with Crippen LogP contribution in [0.1, 0.15) is 21.6 Å². The van der Waals surface area contributed by atoms with Gasteiger partial charge in [-0.05, 0) is 40.8 Å². The molecule has 0 atom stereocenters. The fourth-order valence-electron chi connectivity index (χ4n) is 2.98. The Morgan fingerprint density at radius 2 is 1.77 bits per heavy atom. The molecule has 1 amide bonds. The van der Waals surface area contributed by atoms with Crippen molar-refractivity contribution in [2.24, 2.45) is 0 Å². The molecule has 0 aliphatic rings. The van der Waals surface area contributed by atoms with Gasteiger partial charge in [-0.3, -0.25) is 4.79 Å². The first-order valence-corrected chi connectivity index (χ1v) is 9.60. The zero-order valence-corrected chi connectivity index (χ0v) is 15.6. The van der Waals surface area contributed by atoms with Crippen LogP contribution in [-0.4, -0.2) is 10.5 Å². The van der Waals surface area contributed by atoms with Crippen molar-refractivity contribution in [2.45, 2.75) is 13.1 Å². The summed E-state index contributed by atoms with van der Waals surface area (Å²) in [6.07, 6.45) is 0. The number of amides is 1. The Balaban J connectivity index is 1.58. The summed E-state index contributed by atoms with van der Waals surface area (Å²) in [6.45, 7) is 1.14. The van der Waals surface area contributed by atoms with Crippen LogP contribution in [0.4, 0.5) is 0 Å². The standard InChI is InChI=1S/C21H17ClN2OS/c22-17-8-6-15(7-9-17)13-23-21(25)19-12-20-18(10-11-26-20)24(19)14-16-4-2-1-3-5-16/h1-12H,13-14H2,(H,23,25). The Morgan fingerprint density at radius 1 is 1.00 bits per heavy atom. The molecule has 0 saturated heterocycles. The van der Waals surface area contributed by atoms with Gasteiger partial charge in [0.25, 0.3) is 5.91 Å². The van der Waals surface area contributed by atoms with Crippen LogP contribution in [0.2, 0.25) is 5.02 Å². The lowest BCUT2D eigenvalue weighted by atomic mass is 10.2. The number of rotatable bonds is 5. The number of hydrogen-bond acceptors (Lipinski definition) is 2. The Labute approximate surface area is 160 Å². The number of aromatic nitrogens is 1. The van der Waals surface area contributed by atoms with Crippen LogP contribution >= 0.6 is 22.9 Å². The molecule has 0 aliphatic heterocycles. The van der Waals surface area contributed by atoms with E-state index in [0.717, 1.165) is 15.8 Å². The van der Waals surface area contributed by atoms with Crippen LogP contribution < -0.4 is 5.32 Å². The lowest BCUT2D eigenvalue weighted by Gasteiger charge is -2.11. The zero-order chi connectivity index (χ0) is 17.9. The molecule has 2 heterocycles. The molecule has 0 radical (unpaired) electrons. The van der Waals surface area contributed by atoms with Gasteiger partial charge in [-0.2, -0.15) is 0 Å². The molecule has 2 aromatic heterocycles. The Hall–Kier alpha value is -2.56. The highest BCUT2D eigenvalue weighted by atomic mass is 35.5. The minimum atomic E-state index is -0.0701. The van der Waals surface area contributed by atoms with Crippen molar-refractivity contribution >= 4 is 39.1 Å². The third-order valence-corrected chi connectivity index (χ3v) is 5.41. The van der Waals surface area contributed by atoms with Gasteiger partial charge in [0.2, 0.25) is 0 Å². The highest BCUT2D eigenvalue weighted by molar-refractivity contribution is 7.17. The zero-order valence-electron chi connectivity index (χ0n) is 14.0. The second-order valence-electron chi connectivity index (χ2n) is 6.08. The maximum atomic E-state index is 12.8. The predicted molar refractivity (Wildman–Crippen MR) is 108 cm³/mol. The fraction of sp³-hybridized carbons (Fsp3) is 0.0952. The maximum Gasteiger partial charge on any atom is 0.268 e. The van der Waals surface area contributed by atoms with E-state index < -0.39 is 0 Å². The van der Waals surface area contributed by atoms with E-state index in [1.807, 2.05) is 48.5 Å². The molecule has 1 N–H and O–H groups in total. The normalized spacial score (nSPS) is 11.0. The summed E-state index contributed by atoms with van der Waals surface area (Å²) in [4.78, 5) is 12.8. The van der Waals surface area contributed by atoms with Gasteiger partial charge in [0.05, 0.1) is 10.2 Å². The van der Waals surface area contributed by atoms with E-state index in [1.165, 1.54) is 5.56 Å². The van der Waals surface area contributed by atoms with E-state index in [2.05, 4.69) is 33.5 Å². The third kappa shape index (κ3) is 3.52. The van der Waals surface area contributed by atoms with E-state index in [1.54, 1.807) is 11.3 Å². The molecular formula is C21H17ClN2OS. The van der Waals surface area contributed by atoms with Gasteiger partial charge in [-0.15, -0.1) is 11.3 Å². The van der Waals surface area contributed by atoms with Gasteiger partial charge in [-0.1, -0.05) is 54.1 Å². The second kappa shape index (κ2) is 7.36. The van der Waals surface area contributed by atoms with Crippen molar-refractivity contribution in [3.05, 3.63) is 94.0 Å². The predicted octanol–water partition coefficient (Wildman–Crippen LogP) is 5.33. The molecule has 0 bridgehead atoms. The van der Waals surface area contributed by atoms with E-state index in [4.69, 9.17) is 11.6 Å². The number of benzene rings is 2. The number of nitrogens with zero attached hydrogens (tertiary/aromatic N) is 1. The summed E-state index contributed by atoms with van der Waals surface area (Å²) in [5, 5.41) is 5.76. The summed E-state index contributed by atoms with van der Waals surface area (Å²) < 4.78 is 3.20. The minimum Gasteiger partial charge on any atom is -0.347 e. The molecule has 0 aliphatic carbocycles. The van der Waals surface area contributed by atoms with Crippen molar-refractivity contribution < 1.29 is 4.79 Å². The molecule has 4 rings (SSSR count). The van der Waals surface area contributed by atoms with Crippen molar-refractivity contribution in [2.75, 3.05) is 0 Å². The summed E-state index contributed by atoms with van der Waals surface area (Å²) >= 11 is 7.56. The first-order chi connectivity index (χ1) is 12.7. The quantitative estimate of drug-likeness (QED) is 0.498. The molecule has 0 fully saturated rings. The van der Waals surface area contributed by atoms with Crippen LogP contribution in [-0.2, 0) is 13.1 Å². The van der Waals surface area contributed by atoms with Crippen LogP contribution in [0.5, 0.6) is 0 Å². The van der Waals surface area contributed by atoms with Crippen molar-refractivity contribution in [1.29, 1.82) is 0 Å². The number of nitrogens with one attached hydrogen (secondary N) is 1. The van der Waals surface area contributed by atoms with E-state index in [9.17, 15) is 4.79 Å². The average molecular weight is 381 g/mol. The number of thiophene rings is 1. The van der Waals surface area contributed by atoms with Crippen LogP contribution in [0.25, 0.3) is 10.2 Å². The minimum absolute atomic E-state index is 0.0701. The lowest BCUT2D eigenvalue weighted by Crippen LogP contribution is -2.25. The Bertz CT molecular complexity index is 1040. The van der Waals surface area contributed by atoms with Crippen LogP contribution in [0.15, 0.2) is 72.1 Å². The summed E-state index contributed by atoms with van der Waals surface area (Å²) in [5.41, 5.74) is 3.97. The Morgan fingerprint density at radius 3 is 2.54 bits per heavy atom. The molecule has 0 unspecified atom stereocenters. The molecule has 2 aromatic carbocycles. The van der Waals surface area contributed by atoms with Gasteiger partial charge in [0.15, 0.2) is 0 Å². The van der Waals surface area contributed by atoms with Crippen molar-refractivity contribution in [3.63, 3.8) is 0 Å². The summed E-state index contributed by atoms with van der Waals surface area (Å²) in [7, 11) is 0. The fourth-order valence-corrected chi connectivity index (χ4v) is 3.92. The molecular weight excluding hydrogens is 364 g/mol. The monoisotopic (exact) mass is 380 g/mol. The van der Waals surface area contributed by atoms with Crippen molar-refractivity contribution in [3.8, 4) is 0 Å². The first kappa shape index (κ1) is 16.9. The first-order valence-electron chi connectivity index (χ1n) is 8.34. The van der Waals surface area contributed by atoms with Gasteiger partial charge in [0, 0.05) is 18.1 Å². The highest BCUT2D eigenvalue weighted by Crippen LogP contribution is 2.26. The molecule has 3 nitrogen and oxygen atoms in total. The molecule has 0 spiro atoms. The topological polar surface area (TPSA) is 34.0 Å². The number of carbonyl (C=O) groups excluding carboxylic acids is 1. The molecule has 130 valence electrons. The van der Waals surface area contributed by atoms with Gasteiger partial charge < -0.3 is 9.88 Å². The van der Waals surface area contributed by atoms with Gasteiger partial charge >= 0.3 is 0 Å².